The van der Waals surface area contributed by atoms with Crippen molar-refractivity contribution >= 4 is 18.7 Å². The van der Waals surface area contributed by atoms with Gasteiger partial charge in [-0.25, -0.2) is 4.79 Å². The molecule has 0 aromatic carbocycles. The molecule has 1 saturated carbocycles. The van der Waals surface area contributed by atoms with Gasteiger partial charge >= 0.3 is 13.2 Å². The fourth-order valence-corrected chi connectivity index (χ4v) is 5.13. The molecule has 2 saturated heterocycles. The van der Waals surface area contributed by atoms with Gasteiger partial charge in [0.15, 0.2) is 0 Å². The molecule has 1 aliphatic carbocycles. The van der Waals surface area contributed by atoms with Crippen molar-refractivity contribution in [1.29, 1.82) is 0 Å². The minimum absolute atomic E-state index is 0.170. The molecule has 0 N–H and O–H groups in total. The molecule has 0 bridgehead atoms. The Kier molecular flexibility index (Phi) is 5.90. The highest BCUT2D eigenvalue weighted by Gasteiger charge is 2.52. The van der Waals surface area contributed by atoms with E-state index in [1.807, 2.05) is 31.9 Å². The zero-order chi connectivity index (χ0) is 23.4. The number of amides is 1. The van der Waals surface area contributed by atoms with Gasteiger partial charge in [-0.05, 0) is 92.1 Å². The molecular formula is C25H39BN2O4. The molecule has 6 nitrogen and oxygen atoms in total. The average molecular weight is 442 g/mol. The van der Waals surface area contributed by atoms with Gasteiger partial charge in [0.25, 0.3) is 0 Å². The van der Waals surface area contributed by atoms with Gasteiger partial charge in [0.1, 0.15) is 5.60 Å². The van der Waals surface area contributed by atoms with Crippen molar-refractivity contribution in [2.75, 3.05) is 13.1 Å². The van der Waals surface area contributed by atoms with Gasteiger partial charge in [0, 0.05) is 36.4 Å². The molecule has 1 aromatic heterocycles. The van der Waals surface area contributed by atoms with Crippen molar-refractivity contribution in [2.24, 2.45) is 5.41 Å². The highest BCUT2D eigenvalue weighted by molar-refractivity contribution is 6.62. The number of ether oxygens (including phenoxy) is 1. The number of rotatable bonds is 2. The molecular weight excluding hydrogens is 403 g/mol. The van der Waals surface area contributed by atoms with Crippen LogP contribution in [0.2, 0.25) is 0 Å². The Morgan fingerprint density at radius 2 is 1.72 bits per heavy atom. The SMILES string of the molecule is CC(C)(C)OC(=O)N1CCC2(CCC(c3ccc(B4OC(C)(C)C(C)(C)O4)cn3)CC2)C1. The molecule has 0 radical (unpaired) electrons. The standard InChI is InChI=1S/C25H39BN2O4/c1-22(2,3)30-21(29)28-15-14-25(17-28)12-10-18(11-13-25)20-9-8-19(16-27-20)26-31-23(4,5)24(6,7)32-26/h8-9,16,18H,10-15,17H2,1-7H3. The van der Waals surface area contributed by atoms with Gasteiger partial charge in [-0.1, -0.05) is 6.07 Å². The summed E-state index contributed by atoms with van der Waals surface area (Å²) < 4.78 is 17.9. The summed E-state index contributed by atoms with van der Waals surface area (Å²) >= 11 is 0. The summed E-state index contributed by atoms with van der Waals surface area (Å²) in [5, 5.41) is 0. The van der Waals surface area contributed by atoms with Crippen molar-refractivity contribution in [3.8, 4) is 0 Å². The lowest BCUT2D eigenvalue weighted by Gasteiger charge is -2.37. The van der Waals surface area contributed by atoms with E-state index < -0.39 is 5.60 Å². The topological polar surface area (TPSA) is 60.9 Å². The summed E-state index contributed by atoms with van der Waals surface area (Å²) in [4.78, 5) is 19.2. The van der Waals surface area contributed by atoms with E-state index in [0.717, 1.165) is 56.4 Å². The first-order valence-electron chi connectivity index (χ1n) is 12.1. The Morgan fingerprint density at radius 3 is 2.25 bits per heavy atom. The van der Waals surface area contributed by atoms with Crippen LogP contribution in [0.15, 0.2) is 18.3 Å². The van der Waals surface area contributed by atoms with E-state index in [2.05, 4.69) is 39.8 Å². The van der Waals surface area contributed by atoms with Crippen LogP contribution in [0.3, 0.4) is 0 Å². The maximum Gasteiger partial charge on any atom is 0.496 e. The van der Waals surface area contributed by atoms with E-state index in [9.17, 15) is 4.79 Å². The maximum atomic E-state index is 12.5. The lowest BCUT2D eigenvalue weighted by Crippen LogP contribution is -2.41. The molecule has 1 aromatic rings. The summed E-state index contributed by atoms with van der Waals surface area (Å²) in [6, 6.07) is 4.25. The number of nitrogens with zero attached hydrogens (tertiary/aromatic N) is 2. The molecule has 1 spiro atoms. The quantitative estimate of drug-likeness (QED) is 0.624. The van der Waals surface area contributed by atoms with Crippen molar-refractivity contribution in [3.05, 3.63) is 24.0 Å². The third kappa shape index (κ3) is 4.70. The van der Waals surface area contributed by atoms with Gasteiger partial charge in [-0.3, -0.25) is 4.98 Å². The number of hydrogen-bond donors (Lipinski definition) is 0. The Labute approximate surface area is 193 Å². The first-order chi connectivity index (χ1) is 14.8. The molecule has 0 atom stereocenters. The lowest BCUT2D eigenvalue weighted by molar-refractivity contribution is 0.00578. The summed E-state index contributed by atoms with van der Waals surface area (Å²) in [6.45, 7) is 15.7. The number of likely N-dealkylation sites (tertiary alicyclic amines) is 1. The number of carbonyl (C=O) groups is 1. The molecule has 3 heterocycles. The van der Waals surface area contributed by atoms with Crippen molar-refractivity contribution in [3.63, 3.8) is 0 Å². The van der Waals surface area contributed by atoms with E-state index in [0.29, 0.717) is 5.92 Å². The first kappa shape index (κ1) is 23.6. The number of hydrogen-bond acceptors (Lipinski definition) is 5. The van der Waals surface area contributed by atoms with Crippen LogP contribution in [0.1, 0.15) is 92.2 Å². The van der Waals surface area contributed by atoms with E-state index >= 15 is 0 Å². The molecule has 32 heavy (non-hydrogen) atoms. The fraction of sp³-hybridized carbons (Fsp3) is 0.760. The molecule has 7 heteroatoms. The van der Waals surface area contributed by atoms with E-state index in [-0.39, 0.29) is 29.8 Å². The van der Waals surface area contributed by atoms with Gasteiger partial charge in [-0.15, -0.1) is 0 Å². The molecule has 2 aliphatic heterocycles. The lowest BCUT2D eigenvalue weighted by atomic mass is 9.69. The Morgan fingerprint density at radius 1 is 1.09 bits per heavy atom. The van der Waals surface area contributed by atoms with Crippen LogP contribution in [0.25, 0.3) is 0 Å². The number of aromatic nitrogens is 1. The second-order valence-electron chi connectivity index (χ2n) is 12.0. The average Bonchev–Trinajstić information content (AvgIpc) is 3.19. The van der Waals surface area contributed by atoms with Crippen LogP contribution in [-0.4, -0.2) is 53.0 Å². The van der Waals surface area contributed by atoms with Crippen LogP contribution >= 0.6 is 0 Å². The normalized spacial score (nSPS) is 29.5. The summed E-state index contributed by atoms with van der Waals surface area (Å²) in [7, 11) is -0.367. The first-order valence-corrected chi connectivity index (χ1v) is 12.1. The second-order valence-corrected chi connectivity index (χ2v) is 12.0. The fourth-order valence-electron chi connectivity index (χ4n) is 5.13. The highest BCUT2D eigenvalue weighted by Crippen LogP contribution is 2.48. The van der Waals surface area contributed by atoms with Crippen LogP contribution in [0.4, 0.5) is 4.79 Å². The molecule has 176 valence electrons. The summed E-state index contributed by atoms with van der Waals surface area (Å²) in [5.74, 6) is 0.476. The van der Waals surface area contributed by atoms with Crippen LogP contribution in [0.5, 0.6) is 0 Å². The molecule has 3 fully saturated rings. The predicted octanol–water partition coefficient (Wildman–Crippen LogP) is 4.67. The zero-order valence-corrected chi connectivity index (χ0v) is 20.9. The van der Waals surface area contributed by atoms with Gasteiger partial charge < -0.3 is 18.9 Å². The smallest absolute Gasteiger partial charge is 0.444 e. The predicted molar refractivity (Wildman–Crippen MR) is 126 cm³/mol. The van der Waals surface area contributed by atoms with Crippen molar-refractivity contribution in [1.82, 2.24) is 9.88 Å². The molecule has 1 amide bonds. The molecule has 3 aliphatic rings. The van der Waals surface area contributed by atoms with Gasteiger partial charge in [0.05, 0.1) is 11.2 Å². The van der Waals surface area contributed by atoms with Crippen molar-refractivity contribution < 1.29 is 18.8 Å². The van der Waals surface area contributed by atoms with Gasteiger partial charge in [-0.2, -0.15) is 0 Å². The highest BCUT2D eigenvalue weighted by atomic mass is 16.7. The van der Waals surface area contributed by atoms with Crippen LogP contribution in [-0.2, 0) is 14.0 Å². The van der Waals surface area contributed by atoms with E-state index in [1.54, 1.807) is 0 Å². The Hall–Kier alpha value is -1.60. The Bertz CT molecular complexity index is 822. The number of pyridine rings is 1. The molecule has 0 unspecified atom stereocenters. The van der Waals surface area contributed by atoms with Crippen LogP contribution in [0, 0.1) is 5.41 Å². The minimum Gasteiger partial charge on any atom is -0.444 e. The summed E-state index contributed by atoms with van der Waals surface area (Å²) in [5.41, 5.74) is 1.24. The van der Waals surface area contributed by atoms with Crippen molar-refractivity contribution in [2.45, 2.75) is 103 Å². The third-order valence-electron chi connectivity index (χ3n) is 7.89. The largest absolute Gasteiger partial charge is 0.496 e. The minimum atomic E-state index is -0.442. The van der Waals surface area contributed by atoms with Crippen LogP contribution < -0.4 is 5.46 Å². The number of carbonyl (C=O) groups excluding carboxylic acids is 1. The second kappa shape index (κ2) is 8.02. The monoisotopic (exact) mass is 442 g/mol. The van der Waals surface area contributed by atoms with E-state index in [1.165, 1.54) is 0 Å². The maximum absolute atomic E-state index is 12.5. The zero-order valence-electron chi connectivity index (χ0n) is 20.9. The van der Waals surface area contributed by atoms with Gasteiger partial charge in [0.2, 0.25) is 0 Å². The Balaban J connectivity index is 1.33. The molecule has 4 rings (SSSR count). The van der Waals surface area contributed by atoms with E-state index in [4.69, 9.17) is 19.0 Å². The summed E-state index contributed by atoms with van der Waals surface area (Å²) in [6.07, 6.45) is 7.33. The third-order valence-corrected chi connectivity index (χ3v) is 7.89.